The Bertz CT molecular complexity index is 492. The third-order valence-corrected chi connectivity index (χ3v) is 2.91. The molecule has 0 spiro atoms. The van der Waals surface area contributed by atoms with E-state index in [0.717, 1.165) is 11.8 Å². The lowest BCUT2D eigenvalue weighted by Gasteiger charge is -1.99. The summed E-state index contributed by atoms with van der Waals surface area (Å²) in [5.41, 5.74) is 0. The van der Waals surface area contributed by atoms with Crippen LogP contribution in [0, 0.1) is 0 Å². The topological polar surface area (TPSA) is 81.2 Å². The maximum atomic E-state index is 10.4. The summed E-state index contributed by atoms with van der Waals surface area (Å²) in [5.74, 6) is 0.270. The van der Waals surface area contributed by atoms with Crippen LogP contribution in [0.3, 0.4) is 0 Å². The molecule has 0 fully saturated rings. The number of nitrogens with zero attached hydrogens (tertiary/aromatic N) is 3. The normalized spacial score (nSPS) is 10.6. The van der Waals surface area contributed by atoms with Crippen molar-refractivity contribution in [3.8, 4) is 11.6 Å². The molecule has 0 aliphatic rings. The van der Waals surface area contributed by atoms with Gasteiger partial charge in [-0.25, -0.2) is 0 Å². The minimum Gasteiger partial charge on any atom is -0.481 e. The highest BCUT2D eigenvalue weighted by Crippen LogP contribution is 2.22. The molecule has 0 saturated heterocycles. The van der Waals surface area contributed by atoms with Gasteiger partial charge in [-0.3, -0.25) is 4.79 Å². The van der Waals surface area contributed by atoms with E-state index in [1.165, 1.54) is 0 Å². The molecule has 1 N–H and O–H groups in total. The number of hydrogen-bond acceptors (Lipinski definition) is 5. The summed E-state index contributed by atoms with van der Waals surface area (Å²) >= 11 is 1.12. The van der Waals surface area contributed by atoms with Crippen molar-refractivity contribution in [1.82, 2.24) is 14.8 Å². The van der Waals surface area contributed by atoms with Crippen LogP contribution in [-0.4, -0.2) is 31.6 Å². The Labute approximate surface area is 95.3 Å². The molecule has 0 bridgehead atoms. The van der Waals surface area contributed by atoms with E-state index >= 15 is 0 Å². The van der Waals surface area contributed by atoms with E-state index in [0.29, 0.717) is 16.7 Å². The van der Waals surface area contributed by atoms with Crippen molar-refractivity contribution in [2.45, 2.75) is 5.16 Å². The lowest BCUT2D eigenvalue weighted by Crippen LogP contribution is -2.00. The molecular formula is C9H9N3O3S. The average Bonchev–Trinajstić information content (AvgIpc) is 2.84. The molecule has 0 amide bonds. The fourth-order valence-electron chi connectivity index (χ4n) is 1.19. The highest BCUT2D eigenvalue weighted by Gasteiger charge is 2.13. The standard InChI is InChI=1S/C9H9N3O3S/c1-12-8(6-3-2-4-15-6)10-11-9(12)16-5-7(13)14/h2-4H,5H2,1H3,(H,13,14). The van der Waals surface area contributed by atoms with Crippen molar-refractivity contribution in [2.24, 2.45) is 7.05 Å². The molecule has 0 aromatic carbocycles. The summed E-state index contributed by atoms with van der Waals surface area (Å²) < 4.78 is 6.89. The second kappa shape index (κ2) is 4.40. The fourth-order valence-corrected chi connectivity index (χ4v) is 1.82. The summed E-state index contributed by atoms with van der Waals surface area (Å²) in [5, 5.41) is 16.9. The largest absolute Gasteiger partial charge is 0.481 e. The predicted molar refractivity (Wildman–Crippen MR) is 57.1 cm³/mol. The first-order valence-electron chi connectivity index (χ1n) is 4.46. The van der Waals surface area contributed by atoms with Crippen molar-refractivity contribution in [3.63, 3.8) is 0 Å². The first-order valence-corrected chi connectivity index (χ1v) is 5.45. The van der Waals surface area contributed by atoms with Crippen molar-refractivity contribution in [2.75, 3.05) is 5.75 Å². The van der Waals surface area contributed by atoms with Crippen LogP contribution >= 0.6 is 11.8 Å². The Morgan fingerprint density at radius 3 is 3.06 bits per heavy atom. The second-order valence-corrected chi connectivity index (χ2v) is 3.97. The van der Waals surface area contributed by atoms with Gasteiger partial charge in [0.2, 0.25) is 0 Å². The number of carbonyl (C=O) groups is 1. The zero-order valence-corrected chi connectivity index (χ0v) is 9.27. The average molecular weight is 239 g/mol. The molecule has 0 aliphatic heterocycles. The number of aromatic nitrogens is 3. The summed E-state index contributed by atoms with van der Waals surface area (Å²) in [6.07, 6.45) is 1.55. The van der Waals surface area contributed by atoms with Crippen LogP contribution in [-0.2, 0) is 11.8 Å². The lowest BCUT2D eigenvalue weighted by molar-refractivity contribution is -0.133. The molecule has 0 saturated carbocycles. The summed E-state index contributed by atoms with van der Waals surface area (Å²) in [6, 6.07) is 3.53. The van der Waals surface area contributed by atoms with Crippen LogP contribution in [0.2, 0.25) is 0 Å². The molecule has 2 heterocycles. The number of thioether (sulfide) groups is 1. The quantitative estimate of drug-likeness (QED) is 0.809. The first-order chi connectivity index (χ1) is 7.68. The highest BCUT2D eigenvalue weighted by atomic mass is 32.2. The van der Waals surface area contributed by atoms with E-state index in [9.17, 15) is 4.79 Å². The van der Waals surface area contributed by atoms with Crippen molar-refractivity contribution in [1.29, 1.82) is 0 Å². The Morgan fingerprint density at radius 2 is 2.44 bits per heavy atom. The minimum atomic E-state index is -0.882. The lowest BCUT2D eigenvalue weighted by atomic mass is 10.4. The monoisotopic (exact) mass is 239 g/mol. The SMILES string of the molecule is Cn1c(SCC(=O)O)nnc1-c1ccco1. The molecule has 6 nitrogen and oxygen atoms in total. The van der Waals surface area contributed by atoms with Gasteiger partial charge in [-0.05, 0) is 12.1 Å². The number of aliphatic carboxylic acids is 1. The van der Waals surface area contributed by atoms with Gasteiger partial charge >= 0.3 is 5.97 Å². The van der Waals surface area contributed by atoms with E-state index in [4.69, 9.17) is 9.52 Å². The van der Waals surface area contributed by atoms with Gasteiger partial charge in [0.25, 0.3) is 0 Å². The Morgan fingerprint density at radius 1 is 1.62 bits per heavy atom. The molecule has 0 atom stereocenters. The number of carboxylic acid groups (broad SMARTS) is 1. The third-order valence-electron chi connectivity index (χ3n) is 1.90. The van der Waals surface area contributed by atoms with E-state index in [1.54, 1.807) is 30.0 Å². The van der Waals surface area contributed by atoms with Gasteiger partial charge in [0.05, 0.1) is 12.0 Å². The van der Waals surface area contributed by atoms with Gasteiger partial charge in [0, 0.05) is 7.05 Å². The highest BCUT2D eigenvalue weighted by molar-refractivity contribution is 7.99. The fraction of sp³-hybridized carbons (Fsp3) is 0.222. The van der Waals surface area contributed by atoms with E-state index in [1.807, 2.05) is 0 Å². The summed E-state index contributed by atoms with van der Waals surface area (Å²) in [4.78, 5) is 10.4. The molecule has 2 rings (SSSR count). The number of carboxylic acids is 1. The van der Waals surface area contributed by atoms with Gasteiger partial charge in [0.15, 0.2) is 16.7 Å². The number of hydrogen-bond donors (Lipinski definition) is 1. The Hall–Kier alpha value is -1.76. The van der Waals surface area contributed by atoms with Crippen LogP contribution in [0.1, 0.15) is 0 Å². The molecule has 7 heteroatoms. The minimum absolute atomic E-state index is 0.0376. The molecule has 16 heavy (non-hydrogen) atoms. The van der Waals surface area contributed by atoms with Gasteiger partial charge in [-0.15, -0.1) is 10.2 Å². The van der Waals surface area contributed by atoms with E-state index in [2.05, 4.69) is 10.2 Å². The maximum absolute atomic E-state index is 10.4. The third kappa shape index (κ3) is 2.08. The maximum Gasteiger partial charge on any atom is 0.313 e. The van der Waals surface area contributed by atoms with Gasteiger partial charge < -0.3 is 14.1 Å². The van der Waals surface area contributed by atoms with Crippen molar-refractivity contribution >= 4 is 17.7 Å². The van der Waals surface area contributed by atoms with Gasteiger partial charge in [-0.2, -0.15) is 0 Å². The van der Waals surface area contributed by atoms with Crippen LogP contribution < -0.4 is 0 Å². The number of rotatable bonds is 4. The summed E-state index contributed by atoms with van der Waals surface area (Å²) in [6.45, 7) is 0. The first kappa shape index (κ1) is 10.7. The zero-order chi connectivity index (χ0) is 11.5. The molecule has 0 unspecified atom stereocenters. The van der Waals surface area contributed by atoms with Crippen LogP contribution in [0.15, 0.2) is 28.0 Å². The Kier molecular flexibility index (Phi) is 2.95. The molecular weight excluding hydrogens is 230 g/mol. The van der Waals surface area contributed by atoms with E-state index in [-0.39, 0.29) is 5.75 Å². The molecule has 2 aromatic heterocycles. The van der Waals surface area contributed by atoms with Crippen LogP contribution in [0.4, 0.5) is 0 Å². The van der Waals surface area contributed by atoms with Crippen LogP contribution in [0.5, 0.6) is 0 Å². The van der Waals surface area contributed by atoms with Gasteiger partial charge in [-0.1, -0.05) is 11.8 Å². The van der Waals surface area contributed by atoms with Gasteiger partial charge in [0.1, 0.15) is 0 Å². The summed E-state index contributed by atoms with van der Waals surface area (Å²) in [7, 11) is 1.77. The number of furan rings is 1. The zero-order valence-electron chi connectivity index (χ0n) is 8.45. The molecule has 0 aliphatic carbocycles. The molecule has 0 radical (unpaired) electrons. The predicted octanol–water partition coefficient (Wildman–Crippen LogP) is 1.25. The smallest absolute Gasteiger partial charge is 0.313 e. The Balaban J connectivity index is 2.21. The van der Waals surface area contributed by atoms with Crippen molar-refractivity contribution in [3.05, 3.63) is 18.4 Å². The van der Waals surface area contributed by atoms with Crippen LogP contribution in [0.25, 0.3) is 11.6 Å². The van der Waals surface area contributed by atoms with Crippen molar-refractivity contribution < 1.29 is 14.3 Å². The van der Waals surface area contributed by atoms with E-state index < -0.39 is 5.97 Å². The molecule has 2 aromatic rings. The molecule has 84 valence electrons. The second-order valence-electron chi connectivity index (χ2n) is 3.02.